The number of nitrogens with one attached hydrogen (secondary N) is 1. The van der Waals surface area contributed by atoms with E-state index in [9.17, 15) is 4.79 Å². The van der Waals surface area contributed by atoms with E-state index >= 15 is 0 Å². The Balaban J connectivity index is 0.00000288. The first-order chi connectivity index (χ1) is 11.1. The summed E-state index contributed by atoms with van der Waals surface area (Å²) < 4.78 is 0. The predicted molar refractivity (Wildman–Crippen MR) is 109 cm³/mol. The summed E-state index contributed by atoms with van der Waals surface area (Å²) >= 11 is 0. The van der Waals surface area contributed by atoms with Gasteiger partial charge in [0.2, 0.25) is 0 Å². The maximum absolute atomic E-state index is 12.3. The molecule has 3 N–H and O–H groups in total. The lowest BCUT2D eigenvalue weighted by molar-refractivity contribution is 0.0935. The topological polar surface area (TPSA) is 71.2 Å². The molecule has 1 unspecified atom stereocenters. The number of hydrogen-bond acceptors (Lipinski definition) is 4. The van der Waals surface area contributed by atoms with Crippen LogP contribution in [0.25, 0.3) is 0 Å². The summed E-state index contributed by atoms with van der Waals surface area (Å²) in [5, 5.41) is 3.01. The third kappa shape index (κ3) is 7.38. The first-order valence-electron chi connectivity index (χ1n) is 8.86. The molecule has 1 aromatic heterocycles. The van der Waals surface area contributed by atoms with Crippen molar-refractivity contribution in [1.82, 2.24) is 10.3 Å². The number of anilines is 1. The van der Waals surface area contributed by atoms with E-state index in [0.717, 1.165) is 44.1 Å². The number of unbranched alkanes of at least 4 members (excludes halogenated alkanes) is 1. The van der Waals surface area contributed by atoms with Crippen LogP contribution < -0.4 is 16.0 Å². The lowest BCUT2D eigenvalue weighted by atomic mass is 9.99. The molecule has 0 bridgehead atoms. The average molecular weight is 391 g/mol. The molecule has 2 heterocycles. The van der Waals surface area contributed by atoms with E-state index in [1.165, 1.54) is 12.8 Å². The van der Waals surface area contributed by atoms with Gasteiger partial charge >= 0.3 is 0 Å². The molecule has 1 aliphatic rings. The molecule has 0 radical (unpaired) electrons. The van der Waals surface area contributed by atoms with Gasteiger partial charge in [0.1, 0.15) is 5.82 Å². The second kappa shape index (κ2) is 12.3. The number of nitrogens with zero attached hydrogens (tertiary/aromatic N) is 2. The van der Waals surface area contributed by atoms with Crippen LogP contribution in [0.2, 0.25) is 0 Å². The van der Waals surface area contributed by atoms with E-state index in [-0.39, 0.29) is 36.8 Å². The van der Waals surface area contributed by atoms with Crippen molar-refractivity contribution in [2.75, 3.05) is 24.5 Å². The van der Waals surface area contributed by atoms with Gasteiger partial charge in [-0.1, -0.05) is 26.7 Å². The first-order valence-corrected chi connectivity index (χ1v) is 8.86. The van der Waals surface area contributed by atoms with E-state index < -0.39 is 0 Å². The van der Waals surface area contributed by atoms with E-state index in [0.29, 0.717) is 12.1 Å². The Morgan fingerprint density at radius 2 is 2.04 bits per heavy atom. The van der Waals surface area contributed by atoms with Crippen molar-refractivity contribution < 1.29 is 4.79 Å². The maximum Gasteiger partial charge on any atom is 0.253 e. The summed E-state index contributed by atoms with van der Waals surface area (Å²) in [6, 6.07) is 3.86. The number of hydrogen-bond donors (Lipinski definition) is 2. The van der Waals surface area contributed by atoms with Crippen LogP contribution in [0.15, 0.2) is 18.3 Å². The summed E-state index contributed by atoms with van der Waals surface area (Å²) in [5.41, 5.74) is 6.34. The standard InChI is InChI=1S/C18H30N4O.2ClH/c1-3-4-5-16(12-19)21-18(23)15-6-7-17(20-13-15)22-10-8-14(2)9-11-22;;/h6-7,13-14,16H,3-5,8-12,19H2,1-2H3,(H,21,23);2*1H. The summed E-state index contributed by atoms with van der Waals surface area (Å²) in [5.74, 6) is 1.69. The third-order valence-electron chi connectivity index (χ3n) is 4.64. The number of nitrogens with two attached hydrogens (primary N) is 1. The van der Waals surface area contributed by atoms with Crippen molar-refractivity contribution >= 4 is 36.5 Å². The van der Waals surface area contributed by atoms with Gasteiger partial charge in [0.05, 0.1) is 5.56 Å². The second-order valence-corrected chi connectivity index (χ2v) is 6.62. The largest absolute Gasteiger partial charge is 0.357 e. The van der Waals surface area contributed by atoms with Gasteiger partial charge in [-0.05, 0) is 37.3 Å². The van der Waals surface area contributed by atoms with Crippen LogP contribution in [0, 0.1) is 5.92 Å². The lowest BCUT2D eigenvalue weighted by Gasteiger charge is -2.31. The normalized spacial score (nSPS) is 15.7. The third-order valence-corrected chi connectivity index (χ3v) is 4.64. The van der Waals surface area contributed by atoms with Crippen molar-refractivity contribution in [3.8, 4) is 0 Å². The van der Waals surface area contributed by atoms with Crippen LogP contribution >= 0.6 is 24.8 Å². The number of rotatable bonds is 7. The highest BCUT2D eigenvalue weighted by Gasteiger charge is 2.18. The predicted octanol–water partition coefficient (Wildman–Crippen LogP) is 3.41. The summed E-state index contributed by atoms with van der Waals surface area (Å²) in [4.78, 5) is 19.1. The van der Waals surface area contributed by atoms with Crippen molar-refractivity contribution in [3.05, 3.63) is 23.9 Å². The Labute approximate surface area is 164 Å². The minimum absolute atomic E-state index is 0. The molecule has 1 amide bonds. The monoisotopic (exact) mass is 390 g/mol. The van der Waals surface area contributed by atoms with Gasteiger partial charge < -0.3 is 16.0 Å². The molecular weight excluding hydrogens is 359 g/mol. The van der Waals surface area contributed by atoms with Crippen LogP contribution in [0.1, 0.15) is 56.3 Å². The molecule has 0 aromatic carbocycles. The molecule has 2 rings (SSSR count). The van der Waals surface area contributed by atoms with Gasteiger partial charge in [-0.15, -0.1) is 24.8 Å². The van der Waals surface area contributed by atoms with Crippen LogP contribution in [-0.4, -0.2) is 36.6 Å². The molecule has 1 aliphatic heterocycles. The fourth-order valence-electron chi connectivity index (χ4n) is 2.91. The van der Waals surface area contributed by atoms with Crippen LogP contribution in [-0.2, 0) is 0 Å². The van der Waals surface area contributed by atoms with E-state index in [2.05, 4.69) is 29.0 Å². The number of halogens is 2. The summed E-state index contributed by atoms with van der Waals surface area (Å²) in [6.45, 7) is 7.01. The molecule has 1 saturated heterocycles. The SMILES string of the molecule is CCCCC(CN)NC(=O)c1ccc(N2CCC(C)CC2)nc1.Cl.Cl. The van der Waals surface area contributed by atoms with E-state index in [1.807, 2.05) is 12.1 Å². The zero-order valence-electron chi connectivity index (χ0n) is 15.2. The molecule has 0 spiro atoms. The van der Waals surface area contributed by atoms with Crippen molar-refractivity contribution in [1.29, 1.82) is 0 Å². The highest BCUT2D eigenvalue weighted by Crippen LogP contribution is 2.21. The van der Waals surface area contributed by atoms with Crippen LogP contribution in [0.3, 0.4) is 0 Å². The number of aromatic nitrogens is 1. The van der Waals surface area contributed by atoms with Gasteiger partial charge in [0.15, 0.2) is 0 Å². The number of amides is 1. The molecule has 1 atom stereocenters. The number of piperidine rings is 1. The molecule has 1 aromatic rings. The van der Waals surface area contributed by atoms with Crippen molar-refractivity contribution in [3.63, 3.8) is 0 Å². The van der Waals surface area contributed by atoms with Gasteiger partial charge in [-0.25, -0.2) is 4.98 Å². The van der Waals surface area contributed by atoms with Crippen molar-refractivity contribution in [2.45, 2.75) is 52.0 Å². The fraction of sp³-hybridized carbons (Fsp3) is 0.667. The lowest BCUT2D eigenvalue weighted by Crippen LogP contribution is -2.40. The zero-order chi connectivity index (χ0) is 16.7. The minimum atomic E-state index is -0.0807. The van der Waals surface area contributed by atoms with Gasteiger partial charge in [0.25, 0.3) is 5.91 Å². The van der Waals surface area contributed by atoms with Crippen LogP contribution in [0.4, 0.5) is 5.82 Å². The molecule has 1 fully saturated rings. The average Bonchev–Trinajstić information content (AvgIpc) is 2.59. The first kappa shape index (κ1) is 24.0. The Morgan fingerprint density at radius 1 is 1.36 bits per heavy atom. The molecule has 0 aliphatic carbocycles. The zero-order valence-corrected chi connectivity index (χ0v) is 16.9. The molecular formula is C18H32Cl2N4O. The number of carbonyl (C=O) groups excluding carboxylic acids is 1. The highest BCUT2D eigenvalue weighted by molar-refractivity contribution is 5.94. The van der Waals surface area contributed by atoms with Crippen LogP contribution in [0.5, 0.6) is 0 Å². The van der Waals surface area contributed by atoms with E-state index in [4.69, 9.17) is 5.73 Å². The van der Waals surface area contributed by atoms with Gasteiger partial charge in [0, 0.05) is 31.9 Å². The summed E-state index contributed by atoms with van der Waals surface area (Å²) in [7, 11) is 0. The number of pyridine rings is 1. The van der Waals surface area contributed by atoms with Crippen molar-refractivity contribution in [2.24, 2.45) is 11.7 Å². The molecule has 7 heteroatoms. The fourth-order valence-corrected chi connectivity index (χ4v) is 2.91. The smallest absolute Gasteiger partial charge is 0.253 e. The summed E-state index contributed by atoms with van der Waals surface area (Å²) in [6.07, 6.45) is 7.20. The second-order valence-electron chi connectivity index (χ2n) is 6.62. The Kier molecular flexibility index (Phi) is 11.8. The van der Waals surface area contributed by atoms with Gasteiger partial charge in [-0.3, -0.25) is 4.79 Å². The number of carbonyl (C=O) groups is 1. The molecule has 0 saturated carbocycles. The minimum Gasteiger partial charge on any atom is -0.357 e. The molecule has 5 nitrogen and oxygen atoms in total. The Morgan fingerprint density at radius 3 is 2.56 bits per heavy atom. The highest BCUT2D eigenvalue weighted by atomic mass is 35.5. The molecule has 25 heavy (non-hydrogen) atoms. The van der Waals surface area contributed by atoms with E-state index in [1.54, 1.807) is 6.20 Å². The Hall–Kier alpha value is -1.04. The Bertz CT molecular complexity index is 490. The van der Waals surface area contributed by atoms with Gasteiger partial charge in [-0.2, -0.15) is 0 Å². The quantitative estimate of drug-likeness (QED) is 0.747. The molecule has 144 valence electrons. The maximum atomic E-state index is 12.3.